The van der Waals surface area contributed by atoms with Gasteiger partial charge in [0.2, 0.25) is 11.8 Å². The Labute approximate surface area is 209 Å². The summed E-state index contributed by atoms with van der Waals surface area (Å²) in [6, 6.07) is 21.7. The highest BCUT2D eigenvalue weighted by Gasteiger charge is 2.34. The number of hydrogen-bond donors (Lipinski definition) is 1. The molecule has 1 aliphatic rings. The number of nitrogens with one attached hydrogen (secondary N) is 1. The minimum atomic E-state index is -0.947. The quantitative estimate of drug-likeness (QED) is 0.382. The Morgan fingerprint density at radius 3 is 2.50 bits per heavy atom. The van der Waals surface area contributed by atoms with E-state index in [1.165, 1.54) is 23.5 Å². The van der Waals surface area contributed by atoms with Crippen molar-refractivity contribution in [2.45, 2.75) is 50.7 Å². The highest BCUT2D eigenvalue weighted by atomic mass is 19.1. The van der Waals surface area contributed by atoms with E-state index in [2.05, 4.69) is 10.3 Å². The summed E-state index contributed by atoms with van der Waals surface area (Å²) in [5, 5.41) is 3.18. The number of amides is 2. The Morgan fingerprint density at radius 2 is 1.72 bits per heavy atom. The van der Waals surface area contributed by atoms with Crippen molar-refractivity contribution in [1.29, 1.82) is 0 Å². The molecule has 0 radical (unpaired) electrons. The summed E-state index contributed by atoms with van der Waals surface area (Å²) in [6.07, 6.45) is 6.76. The summed E-state index contributed by atoms with van der Waals surface area (Å²) in [6.45, 7) is -0.0446. The van der Waals surface area contributed by atoms with Gasteiger partial charge in [0.25, 0.3) is 0 Å². The van der Waals surface area contributed by atoms with Crippen molar-refractivity contribution in [1.82, 2.24) is 14.9 Å². The molecule has 184 valence electrons. The van der Waals surface area contributed by atoms with Gasteiger partial charge in [0, 0.05) is 11.7 Å². The van der Waals surface area contributed by atoms with E-state index in [9.17, 15) is 14.0 Å². The molecule has 1 saturated carbocycles. The van der Waals surface area contributed by atoms with Crippen LogP contribution in [-0.2, 0) is 16.1 Å². The van der Waals surface area contributed by atoms with Crippen molar-refractivity contribution in [2.75, 3.05) is 4.90 Å². The molecule has 0 aliphatic heterocycles. The molecule has 1 heterocycles. The minimum absolute atomic E-state index is 0.0446. The smallest absolute Gasteiger partial charge is 0.248 e. The van der Waals surface area contributed by atoms with Crippen molar-refractivity contribution in [3.8, 4) is 0 Å². The van der Waals surface area contributed by atoms with Crippen molar-refractivity contribution in [3.05, 3.63) is 96.6 Å². The number of para-hydroxylation sites is 2. The second-order valence-corrected chi connectivity index (χ2v) is 9.26. The molecule has 36 heavy (non-hydrogen) atoms. The van der Waals surface area contributed by atoms with Crippen molar-refractivity contribution in [2.24, 2.45) is 0 Å². The second-order valence-electron chi connectivity index (χ2n) is 9.26. The molecule has 3 aromatic carbocycles. The van der Waals surface area contributed by atoms with Crippen LogP contribution in [0.1, 0.15) is 43.7 Å². The van der Waals surface area contributed by atoms with Crippen molar-refractivity contribution >= 4 is 28.5 Å². The second kappa shape index (κ2) is 10.7. The predicted octanol–water partition coefficient (Wildman–Crippen LogP) is 5.40. The first-order chi connectivity index (χ1) is 17.6. The third kappa shape index (κ3) is 5.15. The summed E-state index contributed by atoms with van der Waals surface area (Å²) in [5.41, 5.74) is 2.58. The lowest BCUT2D eigenvalue weighted by Gasteiger charge is -2.33. The summed E-state index contributed by atoms with van der Waals surface area (Å²) in [5.74, 6) is -1.07. The molecule has 1 atom stereocenters. The molecule has 7 heteroatoms. The number of hydrogen-bond acceptors (Lipinski definition) is 3. The first-order valence-electron chi connectivity index (χ1n) is 12.4. The fourth-order valence-electron chi connectivity index (χ4n) is 5.00. The third-order valence-electron chi connectivity index (χ3n) is 6.76. The topological polar surface area (TPSA) is 67.2 Å². The summed E-state index contributed by atoms with van der Waals surface area (Å²) in [4.78, 5) is 33.6. The molecule has 1 N–H and O–H groups in total. The number of imidazole rings is 1. The van der Waals surface area contributed by atoms with Gasteiger partial charge in [-0.15, -0.1) is 0 Å². The van der Waals surface area contributed by atoms with Gasteiger partial charge in [-0.05, 0) is 48.7 Å². The van der Waals surface area contributed by atoms with Crippen LogP contribution in [0.25, 0.3) is 11.0 Å². The monoisotopic (exact) mass is 484 g/mol. The van der Waals surface area contributed by atoms with E-state index in [0.29, 0.717) is 11.3 Å². The van der Waals surface area contributed by atoms with E-state index in [0.717, 1.165) is 36.7 Å². The number of benzene rings is 3. The number of fused-ring (bicyclic) bond motifs is 1. The Balaban J connectivity index is 1.54. The van der Waals surface area contributed by atoms with E-state index >= 15 is 0 Å². The fraction of sp³-hybridized carbons (Fsp3) is 0.276. The Kier molecular flexibility index (Phi) is 7.07. The van der Waals surface area contributed by atoms with Crippen LogP contribution in [0.5, 0.6) is 0 Å². The molecule has 6 nitrogen and oxygen atoms in total. The average molecular weight is 485 g/mol. The molecule has 1 aromatic heterocycles. The number of anilines is 1. The lowest BCUT2D eigenvalue weighted by atomic mass is 9.94. The first kappa shape index (κ1) is 23.7. The van der Waals surface area contributed by atoms with E-state index in [1.807, 2.05) is 54.6 Å². The number of nitrogens with zero attached hydrogens (tertiary/aromatic N) is 3. The van der Waals surface area contributed by atoms with E-state index in [1.54, 1.807) is 23.0 Å². The van der Waals surface area contributed by atoms with Crippen LogP contribution in [0, 0.1) is 5.82 Å². The number of carbonyl (C=O) groups excluding carboxylic acids is 2. The van der Waals surface area contributed by atoms with Gasteiger partial charge in [-0.1, -0.05) is 67.8 Å². The largest absolute Gasteiger partial charge is 0.351 e. The predicted molar refractivity (Wildman–Crippen MR) is 138 cm³/mol. The van der Waals surface area contributed by atoms with Gasteiger partial charge in [-0.2, -0.15) is 0 Å². The Bertz CT molecular complexity index is 1350. The lowest BCUT2D eigenvalue weighted by molar-refractivity contribution is -0.127. The van der Waals surface area contributed by atoms with Crippen LogP contribution in [0.3, 0.4) is 0 Å². The van der Waals surface area contributed by atoms with E-state index < -0.39 is 11.9 Å². The van der Waals surface area contributed by atoms with Crippen LogP contribution in [0.2, 0.25) is 0 Å². The van der Waals surface area contributed by atoms with Crippen LogP contribution >= 0.6 is 0 Å². The van der Waals surface area contributed by atoms with E-state index in [4.69, 9.17) is 0 Å². The van der Waals surface area contributed by atoms with Gasteiger partial charge in [0.05, 0.1) is 17.4 Å². The van der Waals surface area contributed by atoms with Gasteiger partial charge in [0.15, 0.2) is 0 Å². The standard InChI is InChI=1S/C29H29FN4O2/c30-22-12-9-15-24(18-22)34(27(35)19-33-20-31-25-16-7-8-17-26(25)33)28(21-10-3-1-4-11-21)29(36)32-23-13-5-2-6-14-23/h1,3-4,7-12,15-18,20,23,28H,2,5-6,13-14,19H2,(H,32,36). The molecule has 2 amide bonds. The maximum absolute atomic E-state index is 14.4. The van der Waals surface area contributed by atoms with Gasteiger partial charge in [-0.3, -0.25) is 14.5 Å². The lowest BCUT2D eigenvalue weighted by Crippen LogP contribution is -2.48. The highest BCUT2D eigenvalue weighted by Crippen LogP contribution is 2.30. The number of aromatic nitrogens is 2. The number of rotatable bonds is 7. The molecule has 4 aromatic rings. The molecule has 1 aliphatic carbocycles. The van der Waals surface area contributed by atoms with Crippen LogP contribution in [0.15, 0.2) is 85.2 Å². The molecule has 0 saturated heterocycles. The normalized spacial score (nSPS) is 14.9. The number of carbonyl (C=O) groups is 2. The molecule has 0 bridgehead atoms. The van der Waals surface area contributed by atoms with Crippen LogP contribution in [0.4, 0.5) is 10.1 Å². The van der Waals surface area contributed by atoms with E-state index in [-0.39, 0.29) is 24.4 Å². The zero-order valence-corrected chi connectivity index (χ0v) is 20.0. The molecule has 1 fully saturated rings. The molecular formula is C29H29FN4O2. The zero-order valence-electron chi connectivity index (χ0n) is 20.0. The minimum Gasteiger partial charge on any atom is -0.351 e. The average Bonchev–Trinajstić information content (AvgIpc) is 3.30. The maximum Gasteiger partial charge on any atom is 0.248 e. The first-order valence-corrected chi connectivity index (χ1v) is 12.4. The van der Waals surface area contributed by atoms with Crippen molar-refractivity contribution < 1.29 is 14.0 Å². The summed E-state index contributed by atoms with van der Waals surface area (Å²) in [7, 11) is 0. The van der Waals surface area contributed by atoms with Crippen molar-refractivity contribution in [3.63, 3.8) is 0 Å². The van der Waals surface area contributed by atoms with Gasteiger partial charge in [-0.25, -0.2) is 9.37 Å². The van der Waals surface area contributed by atoms with Crippen LogP contribution < -0.4 is 10.2 Å². The Morgan fingerprint density at radius 1 is 0.972 bits per heavy atom. The zero-order chi connectivity index (χ0) is 24.9. The van der Waals surface area contributed by atoms with Crippen LogP contribution in [-0.4, -0.2) is 27.4 Å². The summed E-state index contributed by atoms with van der Waals surface area (Å²) < 4.78 is 16.1. The molecule has 0 spiro atoms. The molecule has 1 unspecified atom stereocenters. The maximum atomic E-state index is 14.4. The highest BCUT2D eigenvalue weighted by molar-refractivity contribution is 6.01. The third-order valence-corrected chi connectivity index (χ3v) is 6.76. The molecule has 5 rings (SSSR count). The fourth-order valence-corrected chi connectivity index (χ4v) is 5.00. The van der Waals surface area contributed by atoms with Gasteiger partial charge in [0.1, 0.15) is 18.4 Å². The van der Waals surface area contributed by atoms with Gasteiger partial charge >= 0.3 is 0 Å². The summed E-state index contributed by atoms with van der Waals surface area (Å²) >= 11 is 0. The molecular weight excluding hydrogens is 455 g/mol. The Hall–Kier alpha value is -4.00. The number of halogens is 1. The SMILES string of the molecule is O=C(NC1CCCCC1)C(c1ccccc1)N(C(=O)Cn1cnc2ccccc21)c1cccc(F)c1. The van der Waals surface area contributed by atoms with Gasteiger partial charge < -0.3 is 9.88 Å².